The van der Waals surface area contributed by atoms with Crippen LogP contribution >= 0.6 is 0 Å². The molecular formula is C16H11NO2. The summed E-state index contributed by atoms with van der Waals surface area (Å²) in [5.74, 6) is 0.729. The fourth-order valence-electron chi connectivity index (χ4n) is 2.74. The summed E-state index contributed by atoms with van der Waals surface area (Å²) in [7, 11) is 1.61. The highest BCUT2D eigenvalue weighted by molar-refractivity contribution is 6.14. The van der Waals surface area contributed by atoms with E-state index in [9.17, 15) is 4.79 Å². The number of ether oxygens (including phenoxy) is 1. The van der Waals surface area contributed by atoms with E-state index in [0.29, 0.717) is 11.3 Å². The van der Waals surface area contributed by atoms with Crippen LogP contribution in [0.15, 0.2) is 48.5 Å². The van der Waals surface area contributed by atoms with Gasteiger partial charge in [-0.3, -0.25) is 9.36 Å². The third-order valence-corrected chi connectivity index (χ3v) is 3.65. The minimum absolute atomic E-state index is 0.0186. The standard InChI is InChI=1S/C16H11NO2/c1-19-11-6-7-12-13(9-11)16(18)17-14-5-3-2-4-10(14)8-15(12)17/h2-9H,1H3. The molecule has 1 aliphatic rings. The minimum Gasteiger partial charge on any atom is -0.497 e. The number of carbonyl (C=O) groups excluding carboxylic acids is 1. The molecule has 2 heterocycles. The number of aromatic nitrogens is 1. The van der Waals surface area contributed by atoms with Crippen LogP contribution in [0.4, 0.5) is 0 Å². The fraction of sp³-hybridized carbons (Fsp3) is 0.0625. The molecule has 0 atom stereocenters. The number of methoxy groups -OCH3 is 1. The van der Waals surface area contributed by atoms with Crippen LogP contribution in [0.25, 0.3) is 22.2 Å². The summed E-state index contributed by atoms with van der Waals surface area (Å²) in [5.41, 5.74) is 3.60. The van der Waals surface area contributed by atoms with Gasteiger partial charge in [0, 0.05) is 10.9 Å². The zero-order chi connectivity index (χ0) is 13.0. The molecule has 3 aromatic rings. The van der Waals surface area contributed by atoms with Gasteiger partial charge in [-0.25, -0.2) is 0 Å². The first-order valence-corrected chi connectivity index (χ1v) is 6.13. The lowest BCUT2D eigenvalue weighted by atomic mass is 10.1. The van der Waals surface area contributed by atoms with E-state index >= 15 is 0 Å². The lowest BCUT2D eigenvalue weighted by Crippen LogP contribution is -2.05. The largest absolute Gasteiger partial charge is 0.497 e. The number of para-hydroxylation sites is 1. The lowest BCUT2D eigenvalue weighted by molar-refractivity contribution is 0.0973. The summed E-state index contributed by atoms with van der Waals surface area (Å²) in [5, 5.41) is 1.09. The van der Waals surface area contributed by atoms with E-state index in [1.165, 1.54) is 0 Å². The van der Waals surface area contributed by atoms with Gasteiger partial charge in [0.25, 0.3) is 5.91 Å². The number of carbonyl (C=O) groups is 1. The van der Waals surface area contributed by atoms with Gasteiger partial charge in [0.15, 0.2) is 0 Å². The molecule has 19 heavy (non-hydrogen) atoms. The quantitative estimate of drug-likeness (QED) is 0.518. The highest BCUT2D eigenvalue weighted by Gasteiger charge is 2.28. The van der Waals surface area contributed by atoms with Crippen molar-refractivity contribution in [3.63, 3.8) is 0 Å². The van der Waals surface area contributed by atoms with Gasteiger partial charge >= 0.3 is 0 Å². The Morgan fingerprint density at radius 1 is 1.00 bits per heavy atom. The van der Waals surface area contributed by atoms with Crippen LogP contribution in [0, 0.1) is 0 Å². The Bertz CT molecular complexity index is 830. The predicted octanol–water partition coefficient (Wildman–Crippen LogP) is 3.32. The third kappa shape index (κ3) is 1.24. The van der Waals surface area contributed by atoms with Gasteiger partial charge in [-0.1, -0.05) is 18.2 Å². The Morgan fingerprint density at radius 3 is 2.68 bits per heavy atom. The fourth-order valence-corrected chi connectivity index (χ4v) is 2.74. The minimum atomic E-state index is 0.0186. The molecule has 0 radical (unpaired) electrons. The predicted molar refractivity (Wildman–Crippen MR) is 73.7 cm³/mol. The topological polar surface area (TPSA) is 31.2 Å². The molecule has 0 saturated heterocycles. The van der Waals surface area contributed by atoms with E-state index in [1.807, 2.05) is 36.4 Å². The monoisotopic (exact) mass is 249 g/mol. The Morgan fingerprint density at radius 2 is 1.84 bits per heavy atom. The molecule has 0 amide bonds. The molecule has 92 valence electrons. The van der Waals surface area contributed by atoms with Crippen LogP contribution in [0.2, 0.25) is 0 Å². The average molecular weight is 249 g/mol. The number of nitrogens with zero attached hydrogens (tertiary/aromatic N) is 1. The van der Waals surface area contributed by atoms with Gasteiger partial charge in [0.05, 0.1) is 23.9 Å². The van der Waals surface area contributed by atoms with Crippen molar-refractivity contribution in [1.29, 1.82) is 0 Å². The average Bonchev–Trinajstić information content (AvgIpc) is 2.95. The zero-order valence-corrected chi connectivity index (χ0v) is 10.4. The molecule has 1 aliphatic heterocycles. The van der Waals surface area contributed by atoms with Gasteiger partial charge < -0.3 is 4.74 Å². The number of hydrogen-bond acceptors (Lipinski definition) is 2. The van der Waals surface area contributed by atoms with Crippen LogP contribution in [-0.4, -0.2) is 17.6 Å². The van der Waals surface area contributed by atoms with Crippen molar-refractivity contribution in [1.82, 2.24) is 4.57 Å². The Hall–Kier alpha value is -2.55. The highest BCUT2D eigenvalue weighted by Crippen LogP contribution is 2.38. The zero-order valence-electron chi connectivity index (χ0n) is 10.4. The van der Waals surface area contributed by atoms with Gasteiger partial charge in [0.2, 0.25) is 0 Å². The Kier molecular flexibility index (Phi) is 1.90. The molecule has 0 spiro atoms. The van der Waals surface area contributed by atoms with Crippen LogP contribution < -0.4 is 4.74 Å². The van der Waals surface area contributed by atoms with Crippen molar-refractivity contribution in [2.24, 2.45) is 0 Å². The number of rotatable bonds is 1. The van der Waals surface area contributed by atoms with Crippen molar-refractivity contribution in [2.75, 3.05) is 7.11 Å². The summed E-state index contributed by atoms with van der Waals surface area (Å²) < 4.78 is 6.97. The molecule has 0 aliphatic carbocycles. The molecule has 0 N–H and O–H groups in total. The highest BCUT2D eigenvalue weighted by atomic mass is 16.5. The van der Waals surface area contributed by atoms with Crippen LogP contribution in [0.1, 0.15) is 10.4 Å². The number of fused-ring (bicyclic) bond motifs is 5. The molecule has 0 saturated carbocycles. The maximum atomic E-state index is 12.5. The van der Waals surface area contributed by atoms with E-state index < -0.39 is 0 Å². The van der Waals surface area contributed by atoms with Gasteiger partial charge in [-0.15, -0.1) is 0 Å². The number of hydrogen-bond donors (Lipinski definition) is 0. The second-order valence-electron chi connectivity index (χ2n) is 4.64. The smallest absolute Gasteiger partial charge is 0.263 e. The van der Waals surface area contributed by atoms with E-state index in [0.717, 1.165) is 22.2 Å². The maximum absolute atomic E-state index is 12.5. The lowest BCUT2D eigenvalue weighted by Gasteiger charge is -2.02. The van der Waals surface area contributed by atoms with E-state index in [-0.39, 0.29) is 5.91 Å². The first-order valence-electron chi connectivity index (χ1n) is 6.13. The summed E-state index contributed by atoms with van der Waals surface area (Å²) >= 11 is 0. The first-order chi connectivity index (χ1) is 9.29. The Balaban J connectivity index is 2.07. The van der Waals surface area contributed by atoms with E-state index in [1.54, 1.807) is 17.7 Å². The molecular weight excluding hydrogens is 238 g/mol. The molecule has 0 bridgehead atoms. The van der Waals surface area contributed by atoms with Crippen LogP contribution in [0.3, 0.4) is 0 Å². The summed E-state index contributed by atoms with van der Waals surface area (Å²) in [6.45, 7) is 0. The van der Waals surface area contributed by atoms with Crippen LogP contribution in [-0.2, 0) is 0 Å². The van der Waals surface area contributed by atoms with Crippen LogP contribution in [0.5, 0.6) is 5.75 Å². The molecule has 0 fully saturated rings. The summed E-state index contributed by atoms with van der Waals surface area (Å²) in [6, 6.07) is 15.6. The summed E-state index contributed by atoms with van der Waals surface area (Å²) in [4.78, 5) is 12.5. The third-order valence-electron chi connectivity index (χ3n) is 3.65. The SMILES string of the molecule is COc1ccc2c(c1)C(=O)n1c-2cc2ccccc21. The second kappa shape index (κ2) is 3.48. The van der Waals surface area contributed by atoms with E-state index in [4.69, 9.17) is 4.74 Å². The van der Waals surface area contributed by atoms with Gasteiger partial charge in [0.1, 0.15) is 5.75 Å². The molecule has 2 aromatic carbocycles. The van der Waals surface area contributed by atoms with Crippen molar-refractivity contribution in [2.45, 2.75) is 0 Å². The molecule has 1 aromatic heterocycles. The van der Waals surface area contributed by atoms with Crippen molar-refractivity contribution in [3.8, 4) is 17.0 Å². The van der Waals surface area contributed by atoms with Crippen molar-refractivity contribution in [3.05, 3.63) is 54.1 Å². The van der Waals surface area contributed by atoms with Crippen molar-refractivity contribution < 1.29 is 9.53 Å². The summed E-state index contributed by atoms with van der Waals surface area (Å²) in [6.07, 6.45) is 0. The second-order valence-corrected chi connectivity index (χ2v) is 4.64. The van der Waals surface area contributed by atoms with Crippen molar-refractivity contribution >= 4 is 16.8 Å². The van der Waals surface area contributed by atoms with Gasteiger partial charge in [-0.2, -0.15) is 0 Å². The molecule has 0 unspecified atom stereocenters. The molecule has 4 rings (SSSR count). The van der Waals surface area contributed by atoms with E-state index in [2.05, 4.69) is 6.07 Å². The first kappa shape index (κ1) is 10.4. The maximum Gasteiger partial charge on any atom is 0.263 e. The Labute approximate surface area is 110 Å². The molecule has 3 heteroatoms. The normalized spacial score (nSPS) is 12.6. The molecule has 3 nitrogen and oxygen atoms in total. The van der Waals surface area contributed by atoms with Gasteiger partial charge in [-0.05, 0) is 30.3 Å². The number of benzene rings is 2.